The van der Waals surface area contributed by atoms with E-state index >= 15 is 0 Å². The summed E-state index contributed by atoms with van der Waals surface area (Å²) in [6.45, 7) is 27.9. The molecule has 0 aromatic heterocycles. The molecule has 0 bridgehead atoms. The van der Waals surface area contributed by atoms with Gasteiger partial charge in [0, 0.05) is 11.1 Å². The van der Waals surface area contributed by atoms with Gasteiger partial charge in [0.15, 0.2) is 0 Å². The maximum Gasteiger partial charge on any atom is 0.243 e. The predicted octanol–water partition coefficient (Wildman–Crippen LogP) is 5.01. The van der Waals surface area contributed by atoms with E-state index in [1.54, 1.807) is 0 Å². The summed E-state index contributed by atoms with van der Waals surface area (Å²) in [7, 11) is 0. The van der Waals surface area contributed by atoms with Crippen LogP contribution in [0.3, 0.4) is 0 Å². The van der Waals surface area contributed by atoms with Gasteiger partial charge in [-0.05, 0) is 63.5 Å². The van der Waals surface area contributed by atoms with Gasteiger partial charge in [0.2, 0.25) is 11.8 Å². The molecule has 4 nitrogen and oxygen atoms in total. The summed E-state index contributed by atoms with van der Waals surface area (Å²) in [5.41, 5.74) is 0.114. The van der Waals surface area contributed by atoms with Crippen LogP contribution < -0.4 is 10.6 Å². The van der Waals surface area contributed by atoms with Gasteiger partial charge >= 0.3 is 0 Å². The molecule has 0 unspecified atom stereocenters. The molecule has 2 N–H and O–H groups in total. The first kappa shape index (κ1) is 26.6. The van der Waals surface area contributed by atoms with Crippen molar-refractivity contribution in [3.05, 3.63) is 25.3 Å². The number of carbonyl (C=O) groups is 2. The highest BCUT2D eigenvalue weighted by Crippen LogP contribution is 2.27. The van der Waals surface area contributed by atoms with Crippen LogP contribution in [0.2, 0.25) is 0 Å². The zero-order valence-corrected chi connectivity index (χ0v) is 18.8. The van der Waals surface area contributed by atoms with Crippen molar-refractivity contribution in [2.45, 2.75) is 93.2 Å². The molecule has 0 saturated carbocycles. The van der Waals surface area contributed by atoms with Crippen molar-refractivity contribution in [3.8, 4) is 0 Å². The molecule has 4 heteroatoms. The number of carbonyl (C=O) groups excluding carboxylic acids is 2. The Kier molecular flexibility index (Phi) is 10.2. The van der Waals surface area contributed by atoms with Crippen LogP contribution in [0.5, 0.6) is 0 Å². The van der Waals surface area contributed by atoms with E-state index in [2.05, 4.69) is 65.3 Å². The average Bonchev–Trinajstić information content (AvgIpc) is 2.31. The first-order valence-electron chi connectivity index (χ1n) is 9.22. The van der Waals surface area contributed by atoms with E-state index in [9.17, 15) is 9.59 Å². The summed E-state index contributed by atoms with van der Waals surface area (Å²) in [5.74, 6) is -0.205. The molecule has 0 saturated heterocycles. The largest absolute Gasteiger partial charge is 0.348 e. The summed E-state index contributed by atoms with van der Waals surface area (Å²) in [5, 5.41) is 5.81. The zero-order chi connectivity index (χ0) is 21.4. The number of hydrogen-bond acceptors (Lipinski definition) is 2. The van der Waals surface area contributed by atoms with Crippen LogP contribution in [0.4, 0.5) is 0 Å². The molecular weight excluding hydrogens is 324 g/mol. The van der Waals surface area contributed by atoms with Crippen LogP contribution in [0, 0.1) is 10.8 Å². The molecule has 0 heterocycles. The molecule has 152 valence electrons. The number of hydrogen-bond donors (Lipinski definition) is 2. The minimum absolute atomic E-state index is 0.103. The Labute approximate surface area is 161 Å². The van der Waals surface area contributed by atoms with Crippen molar-refractivity contribution in [2.75, 3.05) is 0 Å². The topological polar surface area (TPSA) is 58.2 Å². The lowest BCUT2D eigenvalue weighted by atomic mass is 9.82. The van der Waals surface area contributed by atoms with Gasteiger partial charge in [-0.25, -0.2) is 0 Å². The molecule has 0 atom stereocenters. The smallest absolute Gasteiger partial charge is 0.243 e. The third kappa shape index (κ3) is 17.2. The first-order valence-corrected chi connectivity index (χ1v) is 9.22. The molecule has 0 spiro atoms. The minimum atomic E-state index is -0.163. The highest BCUT2D eigenvalue weighted by Gasteiger charge is 2.26. The van der Waals surface area contributed by atoms with Crippen LogP contribution >= 0.6 is 0 Å². The summed E-state index contributed by atoms with van der Waals surface area (Å²) in [4.78, 5) is 22.2. The van der Waals surface area contributed by atoms with Crippen LogP contribution in [0.25, 0.3) is 0 Å². The van der Waals surface area contributed by atoms with Gasteiger partial charge in [-0.1, -0.05) is 54.7 Å². The molecule has 0 aliphatic carbocycles. The predicted molar refractivity (Wildman–Crippen MR) is 113 cm³/mol. The lowest BCUT2D eigenvalue weighted by Gasteiger charge is -2.32. The van der Waals surface area contributed by atoms with Crippen molar-refractivity contribution >= 4 is 11.8 Å². The monoisotopic (exact) mass is 366 g/mol. The Balaban J connectivity index is 0. The lowest BCUT2D eigenvalue weighted by molar-refractivity contribution is -0.119. The molecule has 0 aromatic carbocycles. The fraction of sp³-hybridized carbons (Fsp3) is 0.727. The van der Waals surface area contributed by atoms with Crippen molar-refractivity contribution < 1.29 is 9.59 Å². The van der Waals surface area contributed by atoms with Crippen LogP contribution in [0.1, 0.15) is 82.1 Å². The molecule has 0 fully saturated rings. The summed E-state index contributed by atoms with van der Waals surface area (Å²) in [6, 6.07) is 0. The molecule has 0 aliphatic rings. The normalized spacial score (nSPS) is 12.4. The third-order valence-electron chi connectivity index (χ3n) is 3.24. The average molecular weight is 367 g/mol. The maximum atomic E-state index is 11.1. The molecule has 0 aliphatic heterocycles. The highest BCUT2D eigenvalue weighted by atomic mass is 16.2. The molecular formula is C22H42N2O2. The van der Waals surface area contributed by atoms with Crippen molar-refractivity contribution in [1.82, 2.24) is 10.6 Å². The van der Waals surface area contributed by atoms with Crippen molar-refractivity contribution in [2.24, 2.45) is 10.8 Å². The Hall–Kier alpha value is -1.58. The van der Waals surface area contributed by atoms with Gasteiger partial charge in [0.1, 0.15) is 0 Å². The molecule has 0 aromatic rings. The number of amides is 2. The van der Waals surface area contributed by atoms with E-state index in [1.165, 1.54) is 12.2 Å². The third-order valence-corrected chi connectivity index (χ3v) is 3.24. The van der Waals surface area contributed by atoms with E-state index in [0.717, 1.165) is 12.8 Å². The lowest BCUT2D eigenvalue weighted by Crippen LogP contribution is -2.45. The summed E-state index contributed by atoms with van der Waals surface area (Å²) < 4.78 is 0. The number of nitrogens with one attached hydrogen (secondary N) is 2. The molecule has 0 radical (unpaired) electrons. The van der Waals surface area contributed by atoms with Gasteiger partial charge in [-0.3, -0.25) is 9.59 Å². The van der Waals surface area contributed by atoms with E-state index < -0.39 is 0 Å². The van der Waals surface area contributed by atoms with Crippen molar-refractivity contribution in [1.29, 1.82) is 0 Å². The second-order valence-corrected chi connectivity index (χ2v) is 10.6. The molecule has 26 heavy (non-hydrogen) atoms. The Bertz CT molecular complexity index is 443. The quantitative estimate of drug-likeness (QED) is 0.649. The number of rotatable bonds is 6. The van der Waals surface area contributed by atoms with Crippen molar-refractivity contribution in [3.63, 3.8) is 0 Å². The summed E-state index contributed by atoms with van der Waals surface area (Å²) in [6.07, 6.45) is 4.51. The first-order chi connectivity index (χ1) is 11.3. The maximum absolute atomic E-state index is 11.1. The van der Waals surface area contributed by atoms with E-state index in [0.29, 0.717) is 0 Å². The highest BCUT2D eigenvalue weighted by molar-refractivity contribution is 5.87. The molecule has 2 amide bonds. The van der Waals surface area contributed by atoms with E-state index in [4.69, 9.17) is 0 Å². The van der Waals surface area contributed by atoms with Gasteiger partial charge in [-0.2, -0.15) is 0 Å². The second kappa shape index (κ2) is 9.94. The van der Waals surface area contributed by atoms with Crippen LogP contribution in [0.15, 0.2) is 25.3 Å². The van der Waals surface area contributed by atoms with Gasteiger partial charge in [0.25, 0.3) is 0 Å². The molecule has 0 rings (SSSR count). The fourth-order valence-electron chi connectivity index (χ4n) is 3.51. The minimum Gasteiger partial charge on any atom is -0.348 e. The van der Waals surface area contributed by atoms with E-state index in [-0.39, 0.29) is 33.7 Å². The Morgan fingerprint density at radius 2 is 0.885 bits per heavy atom. The van der Waals surface area contributed by atoms with Crippen LogP contribution in [-0.4, -0.2) is 22.9 Å². The van der Waals surface area contributed by atoms with Gasteiger partial charge in [0.05, 0.1) is 0 Å². The van der Waals surface area contributed by atoms with Gasteiger partial charge in [-0.15, -0.1) is 0 Å². The Morgan fingerprint density at radius 3 is 1.04 bits per heavy atom. The Morgan fingerprint density at radius 1 is 0.654 bits per heavy atom. The fourth-order valence-corrected chi connectivity index (χ4v) is 3.51. The SMILES string of the molecule is C=CC(=O)NC(C)(C)CC(C)(C)C.C=CC(=O)NC(C)(C)CC(C)(C)C. The zero-order valence-electron chi connectivity index (χ0n) is 18.8. The van der Waals surface area contributed by atoms with Gasteiger partial charge < -0.3 is 10.6 Å². The second-order valence-electron chi connectivity index (χ2n) is 10.6. The van der Waals surface area contributed by atoms with Crippen LogP contribution in [-0.2, 0) is 9.59 Å². The standard InChI is InChI=1S/2C11H21NO/c2*1-7-9(13)12-11(5,6)8-10(2,3)4/h2*7H,1,8H2,2-6H3,(H,12,13). The van der Waals surface area contributed by atoms with E-state index in [1.807, 2.05) is 27.7 Å². The summed E-state index contributed by atoms with van der Waals surface area (Å²) >= 11 is 0.